The zero-order valence-electron chi connectivity index (χ0n) is 14.1. The lowest BCUT2D eigenvalue weighted by atomic mass is 9.80. The van der Waals surface area contributed by atoms with Crippen molar-refractivity contribution >= 4 is 58.6 Å². The maximum Gasteiger partial charge on any atom is 0.269 e. The number of thiophene rings is 1. The first-order valence-electron chi connectivity index (χ1n) is 7.59. The molecule has 26 heavy (non-hydrogen) atoms. The fourth-order valence-electron chi connectivity index (χ4n) is 3.23. The summed E-state index contributed by atoms with van der Waals surface area (Å²) < 4.78 is 2.31. The molecule has 0 saturated carbocycles. The van der Waals surface area contributed by atoms with Crippen LogP contribution in [0.25, 0.3) is 0 Å². The summed E-state index contributed by atoms with van der Waals surface area (Å²) in [6.07, 6.45) is 1.27. The van der Waals surface area contributed by atoms with Crippen LogP contribution in [0.4, 0.5) is 0 Å². The molecule has 10 heteroatoms. The highest BCUT2D eigenvalue weighted by atomic mass is 35.5. The Kier molecular flexibility index (Phi) is 6.39. The van der Waals surface area contributed by atoms with Gasteiger partial charge in [-0.2, -0.15) is 5.10 Å². The zero-order chi connectivity index (χ0) is 18.3. The highest BCUT2D eigenvalue weighted by Crippen LogP contribution is 2.39. The van der Waals surface area contributed by atoms with E-state index in [-0.39, 0.29) is 34.9 Å². The van der Waals surface area contributed by atoms with Gasteiger partial charge in [0, 0.05) is 18.3 Å². The van der Waals surface area contributed by atoms with E-state index in [1.807, 2.05) is 18.4 Å². The SMILES string of the molecule is Cc1c2c(n(C)c(=O)c1Cl)CC(c1ccsc1Cl)CC2=NNC(=N)N.Cl. The number of fused-ring (bicyclic) bond motifs is 1. The average molecular weight is 435 g/mol. The molecule has 0 amide bonds. The van der Waals surface area contributed by atoms with Crippen molar-refractivity contribution in [3.8, 4) is 0 Å². The zero-order valence-corrected chi connectivity index (χ0v) is 17.2. The number of nitrogens with one attached hydrogen (secondary N) is 2. The van der Waals surface area contributed by atoms with E-state index in [0.29, 0.717) is 24.1 Å². The molecule has 0 radical (unpaired) electrons. The maximum atomic E-state index is 12.4. The Morgan fingerprint density at radius 1 is 1.46 bits per heavy atom. The summed E-state index contributed by atoms with van der Waals surface area (Å²) >= 11 is 14.0. The topological polar surface area (TPSA) is 96.3 Å². The number of hydrogen-bond acceptors (Lipinski definition) is 4. The minimum Gasteiger partial charge on any atom is -0.369 e. The van der Waals surface area contributed by atoms with Crippen LogP contribution in [0, 0.1) is 12.3 Å². The smallest absolute Gasteiger partial charge is 0.269 e. The van der Waals surface area contributed by atoms with E-state index in [2.05, 4.69) is 10.5 Å². The minimum absolute atomic E-state index is 0. The molecule has 1 aliphatic carbocycles. The maximum absolute atomic E-state index is 12.4. The molecule has 0 aliphatic heterocycles. The van der Waals surface area contributed by atoms with Gasteiger partial charge in [-0.05, 0) is 48.3 Å². The number of guanidine groups is 1. The van der Waals surface area contributed by atoms with Crippen LogP contribution in [0.15, 0.2) is 21.3 Å². The second-order valence-corrected chi connectivity index (χ2v) is 7.86. The standard InChI is InChI=1S/C16H17Cl2N5OS.ClH/c1-7-12-10(21-22-16(19)20)5-8(9-3-4-25-14(9)18)6-11(12)23(2)15(24)13(7)17;/h3-4,8H,5-6H2,1-2H3,(H4,19,20,22);1H. The van der Waals surface area contributed by atoms with Crippen molar-refractivity contribution in [3.05, 3.63) is 53.5 Å². The van der Waals surface area contributed by atoms with Crippen LogP contribution in [0.1, 0.15) is 34.7 Å². The summed E-state index contributed by atoms with van der Waals surface area (Å²) in [6.45, 7) is 1.81. The highest BCUT2D eigenvalue weighted by Gasteiger charge is 2.31. The molecule has 2 heterocycles. The molecular weight excluding hydrogens is 417 g/mol. The molecule has 3 rings (SSSR count). The van der Waals surface area contributed by atoms with Crippen molar-refractivity contribution < 1.29 is 0 Å². The predicted molar refractivity (Wildman–Crippen MR) is 111 cm³/mol. The van der Waals surface area contributed by atoms with Gasteiger partial charge in [0.05, 0.1) is 10.0 Å². The van der Waals surface area contributed by atoms with E-state index < -0.39 is 0 Å². The van der Waals surface area contributed by atoms with E-state index >= 15 is 0 Å². The third kappa shape index (κ3) is 3.62. The Balaban J connectivity index is 0.00000243. The number of pyridine rings is 1. The lowest BCUT2D eigenvalue weighted by molar-refractivity contribution is 0.635. The van der Waals surface area contributed by atoms with Crippen LogP contribution >= 0.6 is 46.9 Å². The number of aromatic nitrogens is 1. The quantitative estimate of drug-likeness (QED) is 0.384. The van der Waals surface area contributed by atoms with E-state index in [1.54, 1.807) is 11.6 Å². The molecule has 0 bridgehead atoms. The van der Waals surface area contributed by atoms with Crippen molar-refractivity contribution in [2.45, 2.75) is 25.7 Å². The van der Waals surface area contributed by atoms with Gasteiger partial charge in [-0.1, -0.05) is 23.2 Å². The summed E-state index contributed by atoms with van der Waals surface area (Å²) in [4.78, 5) is 12.4. The normalized spacial score (nSPS) is 17.5. The summed E-state index contributed by atoms with van der Waals surface area (Å²) in [6, 6.07) is 2.00. The Hall–Kier alpha value is -1.54. The summed E-state index contributed by atoms with van der Waals surface area (Å²) in [5, 5.41) is 13.8. The molecule has 0 aromatic carbocycles. The summed E-state index contributed by atoms with van der Waals surface area (Å²) in [5.41, 5.74) is 11.8. The molecule has 6 nitrogen and oxygen atoms in total. The second kappa shape index (κ2) is 8.00. The number of hydrazone groups is 1. The Morgan fingerprint density at radius 3 is 2.73 bits per heavy atom. The average Bonchev–Trinajstić information content (AvgIpc) is 3.01. The monoisotopic (exact) mass is 433 g/mol. The molecule has 2 aromatic heterocycles. The molecule has 2 aromatic rings. The van der Waals surface area contributed by atoms with Crippen LogP contribution in [0.2, 0.25) is 9.36 Å². The van der Waals surface area contributed by atoms with Gasteiger partial charge in [0.25, 0.3) is 5.56 Å². The molecule has 0 saturated heterocycles. The van der Waals surface area contributed by atoms with Gasteiger partial charge in [-0.15, -0.1) is 23.7 Å². The Bertz CT molecular complexity index is 950. The van der Waals surface area contributed by atoms with Crippen LogP contribution in [-0.4, -0.2) is 16.2 Å². The fourth-order valence-corrected chi connectivity index (χ4v) is 4.53. The van der Waals surface area contributed by atoms with Crippen LogP contribution in [-0.2, 0) is 13.5 Å². The molecular formula is C16H18Cl3N5OS. The van der Waals surface area contributed by atoms with Gasteiger partial charge in [0.1, 0.15) is 5.02 Å². The van der Waals surface area contributed by atoms with E-state index in [0.717, 1.165) is 21.2 Å². The number of nitrogens with two attached hydrogens (primary N) is 1. The van der Waals surface area contributed by atoms with Gasteiger partial charge in [-0.25, -0.2) is 5.43 Å². The van der Waals surface area contributed by atoms with E-state index in [9.17, 15) is 4.79 Å². The van der Waals surface area contributed by atoms with Crippen molar-refractivity contribution in [1.82, 2.24) is 9.99 Å². The number of hydrogen-bond donors (Lipinski definition) is 3. The first kappa shape index (κ1) is 20.8. The predicted octanol–water partition coefficient (Wildman–Crippen LogP) is 3.40. The first-order valence-corrected chi connectivity index (χ1v) is 9.22. The highest BCUT2D eigenvalue weighted by molar-refractivity contribution is 7.14. The summed E-state index contributed by atoms with van der Waals surface area (Å²) in [5.74, 6) is -0.164. The number of halogens is 3. The van der Waals surface area contributed by atoms with E-state index in [1.165, 1.54) is 11.3 Å². The lowest BCUT2D eigenvalue weighted by Crippen LogP contribution is -2.33. The van der Waals surface area contributed by atoms with Crippen molar-refractivity contribution in [2.75, 3.05) is 0 Å². The van der Waals surface area contributed by atoms with Gasteiger partial charge in [-0.3, -0.25) is 10.2 Å². The Morgan fingerprint density at radius 2 is 2.15 bits per heavy atom. The summed E-state index contributed by atoms with van der Waals surface area (Å²) in [7, 11) is 1.71. The number of rotatable bonds is 2. The molecule has 0 fully saturated rings. The molecule has 1 atom stereocenters. The third-order valence-corrected chi connectivity index (χ3v) is 6.10. The van der Waals surface area contributed by atoms with Crippen molar-refractivity contribution in [3.63, 3.8) is 0 Å². The second-order valence-electron chi connectivity index (χ2n) is 5.96. The molecule has 140 valence electrons. The van der Waals surface area contributed by atoms with Crippen LogP contribution in [0.5, 0.6) is 0 Å². The lowest BCUT2D eigenvalue weighted by Gasteiger charge is -2.29. The Labute approximate surface area is 170 Å². The number of nitrogens with zero attached hydrogens (tertiary/aromatic N) is 2. The van der Waals surface area contributed by atoms with Gasteiger partial charge in [0.2, 0.25) is 5.96 Å². The molecule has 1 aliphatic rings. The molecule has 0 spiro atoms. The molecule has 4 N–H and O–H groups in total. The van der Waals surface area contributed by atoms with Gasteiger partial charge in [0.15, 0.2) is 0 Å². The van der Waals surface area contributed by atoms with Crippen molar-refractivity contribution in [1.29, 1.82) is 5.41 Å². The van der Waals surface area contributed by atoms with Crippen LogP contribution in [0.3, 0.4) is 0 Å². The largest absolute Gasteiger partial charge is 0.369 e. The van der Waals surface area contributed by atoms with Gasteiger partial charge < -0.3 is 10.3 Å². The first-order chi connectivity index (χ1) is 11.8. The fraction of sp³-hybridized carbons (Fsp3) is 0.312. The van der Waals surface area contributed by atoms with Gasteiger partial charge >= 0.3 is 0 Å². The van der Waals surface area contributed by atoms with Crippen LogP contribution < -0.4 is 16.7 Å². The molecule has 1 unspecified atom stereocenters. The van der Waals surface area contributed by atoms with E-state index in [4.69, 9.17) is 34.3 Å². The minimum atomic E-state index is -0.252. The van der Waals surface area contributed by atoms with Crippen molar-refractivity contribution in [2.24, 2.45) is 17.9 Å². The third-order valence-electron chi connectivity index (χ3n) is 4.46.